The molecular formula is C35H46N2O5. The third-order valence-electron chi connectivity index (χ3n) is 7.91. The Morgan fingerprint density at radius 2 is 1.67 bits per heavy atom. The maximum Gasteiger partial charge on any atom is 0.361 e. The molecule has 0 bridgehead atoms. The third kappa shape index (κ3) is 8.78. The van der Waals surface area contributed by atoms with Gasteiger partial charge in [-0.1, -0.05) is 75.4 Å². The molecule has 3 aromatic rings. The SMILES string of the molecule is CC(C)(C)OC(=O)c1nc(CC2CCC(CCc3ccc(C(C)(C)C)cc3)C(O)C2)[nH]c(=O)c1OCc1ccccc1. The molecule has 1 aliphatic rings. The number of hydrogen-bond acceptors (Lipinski definition) is 6. The molecule has 1 heterocycles. The number of rotatable bonds is 9. The van der Waals surface area contributed by atoms with Gasteiger partial charge in [-0.2, -0.15) is 0 Å². The molecule has 0 spiro atoms. The van der Waals surface area contributed by atoms with Crippen LogP contribution in [0.4, 0.5) is 0 Å². The summed E-state index contributed by atoms with van der Waals surface area (Å²) in [6, 6.07) is 18.3. The lowest BCUT2D eigenvalue weighted by atomic mass is 9.76. The third-order valence-corrected chi connectivity index (χ3v) is 7.91. The topological polar surface area (TPSA) is 102 Å². The second kappa shape index (κ2) is 13.2. The maximum atomic E-state index is 13.1. The summed E-state index contributed by atoms with van der Waals surface area (Å²) in [6.45, 7) is 12.1. The van der Waals surface area contributed by atoms with Gasteiger partial charge in [-0.15, -0.1) is 0 Å². The van der Waals surface area contributed by atoms with Crippen molar-refractivity contribution in [3.8, 4) is 5.75 Å². The first kappa shape index (κ1) is 31.5. The molecule has 1 fully saturated rings. The Balaban J connectivity index is 1.41. The van der Waals surface area contributed by atoms with Gasteiger partial charge in [0.2, 0.25) is 5.75 Å². The van der Waals surface area contributed by atoms with Crippen molar-refractivity contribution >= 4 is 5.97 Å². The van der Waals surface area contributed by atoms with Crippen LogP contribution in [0.5, 0.6) is 5.75 Å². The van der Waals surface area contributed by atoms with E-state index in [4.69, 9.17) is 9.47 Å². The highest BCUT2D eigenvalue weighted by Gasteiger charge is 2.31. The summed E-state index contributed by atoms with van der Waals surface area (Å²) in [5, 5.41) is 11.0. The molecule has 7 heteroatoms. The molecule has 0 saturated heterocycles. The van der Waals surface area contributed by atoms with Gasteiger partial charge >= 0.3 is 5.97 Å². The highest BCUT2D eigenvalue weighted by molar-refractivity contribution is 5.90. The molecule has 1 aliphatic carbocycles. The van der Waals surface area contributed by atoms with E-state index in [0.29, 0.717) is 18.7 Å². The highest BCUT2D eigenvalue weighted by Crippen LogP contribution is 2.34. The van der Waals surface area contributed by atoms with Gasteiger partial charge in [0.15, 0.2) is 5.69 Å². The number of esters is 1. The number of aromatic amines is 1. The lowest BCUT2D eigenvalue weighted by molar-refractivity contribution is 0.00564. The first-order chi connectivity index (χ1) is 19.8. The number of aryl methyl sites for hydroxylation is 1. The molecule has 2 aromatic carbocycles. The number of aromatic nitrogens is 2. The molecule has 3 atom stereocenters. The van der Waals surface area contributed by atoms with Gasteiger partial charge in [0.25, 0.3) is 5.56 Å². The monoisotopic (exact) mass is 574 g/mol. The van der Waals surface area contributed by atoms with Crippen molar-refractivity contribution in [3.63, 3.8) is 0 Å². The largest absolute Gasteiger partial charge is 0.481 e. The first-order valence-electron chi connectivity index (χ1n) is 15.1. The van der Waals surface area contributed by atoms with Gasteiger partial charge in [0.05, 0.1) is 6.10 Å². The molecule has 7 nitrogen and oxygen atoms in total. The molecule has 0 amide bonds. The van der Waals surface area contributed by atoms with E-state index >= 15 is 0 Å². The van der Waals surface area contributed by atoms with Gasteiger partial charge in [-0.25, -0.2) is 9.78 Å². The number of nitrogens with zero attached hydrogens (tertiary/aromatic N) is 1. The lowest BCUT2D eigenvalue weighted by Crippen LogP contribution is -2.32. The number of H-pyrrole nitrogens is 1. The van der Waals surface area contributed by atoms with Crippen LogP contribution in [0.1, 0.15) is 100 Å². The van der Waals surface area contributed by atoms with Gasteiger partial charge in [-0.3, -0.25) is 4.79 Å². The standard InChI is InChI=1S/C35H46N2O5/c1-34(2,3)27-18-14-23(15-19-27)12-16-26-17-13-25(20-28(26)38)21-29-36-30(33(40)42-35(4,5)6)31(32(39)37-29)41-22-24-10-8-7-9-11-24/h7-11,14-15,18-19,25-26,28,38H,12-13,16-17,20-22H2,1-6H3,(H,36,37,39). The van der Waals surface area contributed by atoms with Crippen LogP contribution in [0, 0.1) is 11.8 Å². The normalized spacial score (nSPS) is 19.4. The molecule has 3 unspecified atom stereocenters. The number of carbonyl (C=O) groups is 1. The van der Waals surface area contributed by atoms with Crippen molar-refractivity contribution in [3.05, 3.63) is 93.2 Å². The summed E-state index contributed by atoms with van der Waals surface area (Å²) in [7, 11) is 0. The van der Waals surface area contributed by atoms with Gasteiger partial charge in [-0.05, 0) is 86.8 Å². The molecule has 4 rings (SSSR count). The van der Waals surface area contributed by atoms with E-state index in [1.807, 2.05) is 30.3 Å². The summed E-state index contributed by atoms with van der Waals surface area (Å²) in [6.07, 6.45) is 4.38. The van der Waals surface area contributed by atoms with Crippen LogP contribution in [0.2, 0.25) is 0 Å². The quantitative estimate of drug-likeness (QED) is 0.281. The molecule has 1 aromatic heterocycles. The summed E-state index contributed by atoms with van der Waals surface area (Å²) in [4.78, 5) is 33.6. The Hall–Kier alpha value is -3.45. The van der Waals surface area contributed by atoms with Crippen molar-refractivity contribution in [2.75, 3.05) is 0 Å². The van der Waals surface area contributed by atoms with Crippen molar-refractivity contribution in [1.29, 1.82) is 0 Å². The Morgan fingerprint density at radius 1 is 0.976 bits per heavy atom. The van der Waals surface area contributed by atoms with Crippen molar-refractivity contribution < 1.29 is 19.4 Å². The van der Waals surface area contributed by atoms with Crippen molar-refractivity contribution in [2.24, 2.45) is 11.8 Å². The van der Waals surface area contributed by atoms with E-state index < -0.39 is 23.2 Å². The number of nitrogens with one attached hydrogen (secondary N) is 1. The van der Waals surface area contributed by atoms with Crippen LogP contribution in [0.25, 0.3) is 0 Å². The molecule has 1 saturated carbocycles. The van der Waals surface area contributed by atoms with Crippen LogP contribution >= 0.6 is 0 Å². The van der Waals surface area contributed by atoms with E-state index in [1.165, 1.54) is 11.1 Å². The molecule has 226 valence electrons. The summed E-state index contributed by atoms with van der Waals surface area (Å²) in [5.41, 5.74) is 2.23. The minimum absolute atomic E-state index is 0.119. The number of carbonyl (C=O) groups excluding carboxylic acids is 1. The van der Waals surface area contributed by atoms with Crippen LogP contribution in [0.3, 0.4) is 0 Å². The minimum Gasteiger partial charge on any atom is -0.481 e. The Labute approximate surface area is 249 Å². The molecule has 42 heavy (non-hydrogen) atoms. The zero-order valence-electron chi connectivity index (χ0n) is 25.9. The molecule has 0 aliphatic heterocycles. The predicted octanol–water partition coefficient (Wildman–Crippen LogP) is 6.55. The van der Waals surface area contributed by atoms with Crippen molar-refractivity contribution in [1.82, 2.24) is 9.97 Å². The number of benzene rings is 2. The number of ether oxygens (including phenoxy) is 2. The highest BCUT2D eigenvalue weighted by atomic mass is 16.6. The summed E-state index contributed by atoms with van der Waals surface area (Å²) in [5.74, 6) is -0.0505. The Morgan fingerprint density at radius 3 is 2.29 bits per heavy atom. The summed E-state index contributed by atoms with van der Waals surface area (Å²) >= 11 is 0. The Bertz CT molecular complexity index is 1380. The first-order valence-corrected chi connectivity index (χ1v) is 15.1. The van der Waals surface area contributed by atoms with Gasteiger partial charge < -0.3 is 19.6 Å². The number of aliphatic hydroxyl groups excluding tert-OH is 1. The predicted molar refractivity (Wildman–Crippen MR) is 165 cm³/mol. The second-order valence-corrected chi connectivity index (χ2v) is 13.7. The minimum atomic E-state index is -0.755. The van der Waals surface area contributed by atoms with Crippen LogP contribution in [-0.2, 0) is 29.6 Å². The zero-order chi connectivity index (χ0) is 30.5. The van der Waals surface area contributed by atoms with E-state index in [0.717, 1.165) is 31.2 Å². The lowest BCUT2D eigenvalue weighted by Gasteiger charge is -2.33. The molecule has 0 radical (unpaired) electrons. The summed E-state index contributed by atoms with van der Waals surface area (Å²) < 4.78 is 11.4. The average molecular weight is 575 g/mol. The van der Waals surface area contributed by atoms with Gasteiger partial charge in [0, 0.05) is 6.42 Å². The number of aliphatic hydroxyl groups is 1. The molecule has 2 N–H and O–H groups in total. The second-order valence-electron chi connectivity index (χ2n) is 13.7. The Kier molecular flexibility index (Phi) is 9.93. The maximum absolute atomic E-state index is 13.1. The smallest absolute Gasteiger partial charge is 0.361 e. The van der Waals surface area contributed by atoms with Crippen molar-refractivity contribution in [2.45, 2.75) is 104 Å². The fourth-order valence-corrected chi connectivity index (χ4v) is 5.55. The average Bonchev–Trinajstić information content (AvgIpc) is 2.91. The van der Waals surface area contributed by atoms with E-state index in [2.05, 4.69) is 55.0 Å². The van der Waals surface area contributed by atoms with Gasteiger partial charge in [0.1, 0.15) is 18.0 Å². The number of hydrogen-bond donors (Lipinski definition) is 2. The fraction of sp³-hybridized carbons (Fsp3) is 0.514. The van der Waals surface area contributed by atoms with E-state index in [-0.39, 0.29) is 35.3 Å². The van der Waals surface area contributed by atoms with E-state index in [9.17, 15) is 14.7 Å². The van der Waals surface area contributed by atoms with Crippen LogP contribution in [0.15, 0.2) is 59.4 Å². The fourth-order valence-electron chi connectivity index (χ4n) is 5.55. The van der Waals surface area contributed by atoms with Crippen LogP contribution < -0.4 is 10.3 Å². The van der Waals surface area contributed by atoms with E-state index in [1.54, 1.807) is 20.8 Å². The molecular weight excluding hydrogens is 528 g/mol. The van der Waals surface area contributed by atoms with Crippen LogP contribution in [-0.4, -0.2) is 32.7 Å². The zero-order valence-corrected chi connectivity index (χ0v) is 25.9.